The Balaban J connectivity index is 1.66. The van der Waals surface area contributed by atoms with E-state index in [-0.39, 0.29) is 17.6 Å². The number of aryl methyl sites for hydroxylation is 1. The van der Waals surface area contributed by atoms with E-state index in [1.807, 2.05) is 54.1 Å². The first-order valence-corrected chi connectivity index (χ1v) is 9.87. The van der Waals surface area contributed by atoms with E-state index in [2.05, 4.69) is 23.9 Å². The lowest BCUT2D eigenvalue weighted by atomic mass is 10.2. The van der Waals surface area contributed by atoms with Gasteiger partial charge in [-0.15, -0.1) is 5.10 Å². The summed E-state index contributed by atoms with van der Waals surface area (Å²) in [6, 6.07) is 13.7. The highest BCUT2D eigenvalue weighted by molar-refractivity contribution is 7.99. The molecule has 0 bridgehead atoms. The van der Waals surface area contributed by atoms with Gasteiger partial charge in [-0.2, -0.15) is 0 Å². The highest BCUT2D eigenvalue weighted by atomic mass is 32.2. The van der Waals surface area contributed by atoms with E-state index in [0.717, 1.165) is 23.0 Å². The molecule has 1 aromatic carbocycles. The summed E-state index contributed by atoms with van der Waals surface area (Å²) in [5.74, 6) is 3.03. The normalized spacial score (nSPS) is 11.1. The van der Waals surface area contributed by atoms with Crippen molar-refractivity contribution in [1.82, 2.24) is 19.7 Å². The summed E-state index contributed by atoms with van der Waals surface area (Å²) >= 11 is 1.35. The summed E-state index contributed by atoms with van der Waals surface area (Å²) in [7, 11) is 1.77. The molecule has 0 N–H and O–H groups in total. The van der Waals surface area contributed by atoms with Crippen LogP contribution in [-0.4, -0.2) is 38.4 Å². The number of rotatable bonds is 7. The molecule has 0 radical (unpaired) electrons. The molecule has 3 aromatic rings. The molecule has 142 valence electrons. The van der Waals surface area contributed by atoms with Crippen molar-refractivity contribution in [1.29, 1.82) is 0 Å². The van der Waals surface area contributed by atoms with E-state index in [9.17, 15) is 4.79 Å². The van der Waals surface area contributed by atoms with Gasteiger partial charge in [0.15, 0.2) is 0 Å². The summed E-state index contributed by atoms with van der Waals surface area (Å²) in [5, 5.41) is 5.21. The maximum Gasteiger partial charge on any atom is 0.233 e. The first kappa shape index (κ1) is 19.2. The lowest BCUT2D eigenvalue weighted by Crippen LogP contribution is -2.27. The molecule has 2 heterocycles. The van der Waals surface area contributed by atoms with Gasteiger partial charge < -0.3 is 9.32 Å². The Kier molecular flexibility index (Phi) is 6.01. The van der Waals surface area contributed by atoms with Crippen LogP contribution in [0.2, 0.25) is 0 Å². The van der Waals surface area contributed by atoms with Gasteiger partial charge in [-0.3, -0.25) is 4.79 Å². The third kappa shape index (κ3) is 4.80. The van der Waals surface area contributed by atoms with Gasteiger partial charge >= 0.3 is 0 Å². The van der Waals surface area contributed by atoms with Crippen LogP contribution in [0.1, 0.15) is 37.1 Å². The number of amides is 1. The van der Waals surface area contributed by atoms with Crippen LogP contribution in [0.5, 0.6) is 0 Å². The van der Waals surface area contributed by atoms with Crippen LogP contribution in [0, 0.1) is 6.92 Å². The molecule has 3 rings (SSSR count). The average molecular weight is 385 g/mol. The monoisotopic (exact) mass is 384 g/mol. The highest BCUT2D eigenvalue weighted by Crippen LogP contribution is 2.22. The minimum atomic E-state index is 0.0104. The summed E-state index contributed by atoms with van der Waals surface area (Å²) in [6.45, 7) is 6.52. The topological polar surface area (TPSA) is 64.2 Å². The van der Waals surface area contributed by atoms with E-state index in [1.54, 1.807) is 11.9 Å². The summed E-state index contributed by atoms with van der Waals surface area (Å²) in [4.78, 5) is 18.7. The second kappa shape index (κ2) is 8.43. The standard InChI is InChI=1S/C20H24N4O2S/c1-14(2)19-21-20(22-24(19)16-8-6-5-7-9-16)27-13-18(25)23(4)12-17-11-10-15(3)26-17/h5-11,14H,12-13H2,1-4H3. The van der Waals surface area contributed by atoms with Crippen molar-refractivity contribution in [3.63, 3.8) is 0 Å². The molecule has 6 nitrogen and oxygen atoms in total. The van der Waals surface area contributed by atoms with Crippen molar-refractivity contribution >= 4 is 17.7 Å². The Bertz CT molecular complexity index is 902. The van der Waals surface area contributed by atoms with Crippen LogP contribution in [0.15, 0.2) is 52.0 Å². The Morgan fingerprint density at radius 3 is 2.59 bits per heavy atom. The molecular weight excluding hydrogens is 360 g/mol. The summed E-state index contributed by atoms with van der Waals surface area (Å²) < 4.78 is 7.39. The van der Waals surface area contributed by atoms with Crippen molar-refractivity contribution in [3.05, 3.63) is 59.8 Å². The predicted molar refractivity (Wildman–Crippen MR) is 106 cm³/mol. The highest BCUT2D eigenvalue weighted by Gasteiger charge is 2.17. The quantitative estimate of drug-likeness (QED) is 0.575. The number of furan rings is 1. The van der Waals surface area contributed by atoms with Crippen molar-refractivity contribution in [2.75, 3.05) is 12.8 Å². The molecule has 0 atom stereocenters. The Morgan fingerprint density at radius 1 is 1.22 bits per heavy atom. The van der Waals surface area contributed by atoms with Crippen molar-refractivity contribution in [2.45, 2.75) is 38.4 Å². The molecule has 0 aliphatic carbocycles. The van der Waals surface area contributed by atoms with Crippen LogP contribution < -0.4 is 0 Å². The largest absolute Gasteiger partial charge is 0.464 e. The SMILES string of the molecule is Cc1ccc(CN(C)C(=O)CSc2nc(C(C)C)n(-c3ccccc3)n2)o1. The minimum absolute atomic E-state index is 0.0104. The Hall–Kier alpha value is -2.54. The van der Waals surface area contributed by atoms with Crippen LogP contribution in [0.25, 0.3) is 5.69 Å². The molecule has 0 aliphatic heterocycles. The van der Waals surface area contributed by atoms with Gasteiger partial charge in [0.2, 0.25) is 11.1 Å². The fourth-order valence-electron chi connectivity index (χ4n) is 2.63. The first-order chi connectivity index (χ1) is 12.9. The Morgan fingerprint density at radius 2 is 1.96 bits per heavy atom. The zero-order chi connectivity index (χ0) is 19.4. The molecule has 0 fully saturated rings. The van der Waals surface area contributed by atoms with Gasteiger partial charge in [-0.05, 0) is 31.2 Å². The molecule has 2 aromatic heterocycles. The number of carbonyl (C=O) groups excluding carboxylic acids is 1. The smallest absolute Gasteiger partial charge is 0.233 e. The number of hydrogen-bond donors (Lipinski definition) is 0. The van der Waals surface area contributed by atoms with Crippen molar-refractivity contribution in [3.8, 4) is 5.69 Å². The number of hydrogen-bond acceptors (Lipinski definition) is 5. The molecular formula is C20H24N4O2S. The molecule has 0 spiro atoms. The zero-order valence-electron chi connectivity index (χ0n) is 16.0. The van der Waals surface area contributed by atoms with E-state index in [0.29, 0.717) is 11.7 Å². The number of para-hydroxylation sites is 1. The molecule has 7 heteroatoms. The summed E-state index contributed by atoms with van der Waals surface area (Å²) in [6.07, 6.45) is 0. The third-order valence-corrected chi connectivity index (χ3v) is 4.89. The average Bonchev–Trinajstić information content (AvgIpc) is 3.26. The second-order valence-electron chi connectivity index (χ2n) is 6.71. The van der Waals surface area contributed by atoms with Crippen molar-refractivity contribution in [2.24, 2.45) is 0 Å². The maximum absolute atomic E-state index is 12.4. The van der Waals surface area contributed by atoms with E-state index >= 15 is 0 Å². The minimum Gasteiger partial charge on any atom is -0.464 e. The van der Waals surface area contributed by atoms with Crippen LogP contribution >= 0.6 is 11.8 Å². The molecule has 0 saturated heterocycles. The summed E-state index contributed by atoms with van der Waals surface area (Å²) in [5.41, 5.74) is 0.970. The maximum atomic E-state index is 12.4. The number of benzene rings is 1. The number of thioether (sulfide) groups is 1. The van der Waals surface area contributed by atoms with Crippen LogP contribution in [0.4, 0.5) is 0 Å². The molecule has 1 amide bonds. The van der Waals surface area contributed by atoms with Gasteiger partial charge in [0.25, 0.3) is 0 Å². The lowest BCUT2D eigenvalue weighted by molar-refractivity contribution is -0.127. The Labute approximate surface area is 163 Å². The van der Waals surface area contributed by atoms with Gasteiger partial charge in [0, 0.05) is 13.0 Å². The van der Waals surface area contributed by atoms with Gasteiger partial charge in [-0.1, -0.05) is 43.8 Å². The fraction of sp³-hybridized carbons (Fsp3) is 0.350. The molecule has 0 aliphatic rings. The van der Waals surface area contributed by atoms with E-state index in [4.69, 9.17) is 4.42 Å². The van der Waals surface area contributed by atoms with Gasteiger partial charge in [0.1, 0.15) is 17.3 Å². The lowest BCUT2D eigenvalue weighted by Gasteiger charge is -2.14. The van der Waals surface area contributed by atoms with E-state index < -0.39 is 0 Å². The second-order valence-corrected chi connectivity index (χ2v) is 7.65. The van der Waals surface area contributed by atoms with Gasteiger partial charge in [-0.25, -0.2) is 9.67 Å². The number of aromatic nitrogens is 3. The van der Waals surface area contributed by atoms with Crippen LogP contribution in [-0.2, 0) is 11.3 Å². The zero-order valence-corrected chi connectivity index (χ0v) is 16.9. The first-order valence-electron chi connectivity index (χ1n) is 8.88. The number of nitrogens with zero attached hydrogens (tertiary/aromatic N) is 4. The van der Waals surface area contributed by atoms with Crippen LogP contribution in [0.3, 0.4) is 0 Å². The van der Waals surface area contributed by atoms with Crippen molar-refractivity contribution < 1.29 is 9.21 Å². The third-order valence-electron chi connectivity index (χ3n) is 4.07. The molecule has 0 unspecified atom stereocenters. The van der Waals surface area contributed by atoms with Gasteiger partial charge in [0.05, 0.1) is 18.0 Å². The molecule has 0 saturated carbocycles. The predicted octanol–water partition coefficient (Wildman–Crippen LogP) is 4.04. The van der Waals surface area contributed by atoms with E-state index in [1.165, 1.54) is 11.8 Å². The number of carbonyl (C=O) groups is 1. The fourth-order valence-corrected chi connectivity index (χ4v) is 3.40. The molecule has 27 heavy (non-hydrogen) atoms.